The van der Waals surface area contributed by atoms with E-state index >= 15 is 0 Å². The summed E-state index contributed by atoms with van der Waals surface area (Å²) in [5, 5.41) is 5.03. The third-order valence-corrected chi connectivity index (χ3v) is 6.20. The molecule has 1 N–H and O–H groups in total. The minimum absolute atomic E-state index is 0.366. The van der Waals surface area contributed by atoms with Crippen LogP contribution in [0.3, 0.4) is 0 Å². The SMILES string of the molecule is Cc1ccc2c(c1)c1c(n2/C=C/c2cccc(C(F)(F)F)c2)C[C@@H]2CCC[C@@H]1N2. The second-order valence-electron chi connectivity index (χ2n) is 8.24. The average Bonchev–Trinajstić information content (AvgIpc) is 2.98. The first kappa shape index (κ1) is 18.5. The first-order valence-corrected chi connectivity index (χ1v) is 10.1. The molecule has 29 heavy (non-hydrogen) atoms. The normalized spacial score (nSPS) is 21.7. The number of hydrogen-bond donors (Lipinski definition) is 1. The van der Waals surface area contributed by atoms with Crippen LogP contribution in [0.25, 0.3) is 23.2 Å². The Labute approximate surface area is 168 Å². The van der Waals surface area contributed by atoms with Crippen molar-refractivity contribution >= 4 is 23.2 Å². The summed E-state index contributed by atoms with van der Waals surface area (Å²) < 4.78 is 41.3. The van der Waals surface area contributed by atoms with Crippen LogP contribution in [0.4, 0.5) is 13.2 Å². The second-order valence-corrected chi connectivity index (χ2v) is 8.24. The number of alkyl halides is 3. The lowest BCUT2D eigenvalue weighted by Gasteiger charge is -2.36. The van der Waals surface area contributed by atoms with Gasteiger partial charge in [0.15, 0.2) is 0 Å². The van der Waals surface area contributed by atoms with E-state index in [0.717, 1.165) is 24.4 Å². The number of hydrogen-bond acceptors (Lipinski definition) is 1. The van der Waals surface area contributed by atoms with Crippen LogP contribution < -0.4 is 5.32 Å². The highest BCUT2D eigenvalue weighted by Crippen LogP contribution is 2.41. The van der Waals surface area contributed by atoms with Gasteiger partial charge in [-0.2, -0.15) is 13.2 Å². The molecule has 0 aliphatic carbocycles. The molecular formula is C24H23F3N2. The van der Waals surface area contributed by atoms with Gasteiger partial charge < -0.3 is 9.88 Å². The standard InChI is InChI=1S/C24H23F3N2/c1-15-8-9-21-19(12-15)23-20-7-3-6-18(28-20)14-22(23)29(21)11-10-16-4-2-5-17(13-16)24(25,26)27/h2,4-5,8-13,18,20,28H,3,6-7,14H2,1H3/b11-10+/t18-,20-/m0/s1. The smallest absolute Gasteiger partial charge is 0.320 e. The summed E-state index contributed by atoms with van der Waals surface area (Å²) in [6, 6.07) is 12.8. The van der Waals surface area contributed by atoms with E-state index in [1.807, 2.05) is 6.20 Å². The molecule has 1 aromatic heterocycles. The van der Waals surface area contributed by atoms with Gasteiger partial charge in [-0.3, -0.25) is 0 Å². The molecule has 5 rings (SSSR count). The van der Waals surface area contributed by atoms with Crippen LogP contribution in [-0.4, -0.2) is 10.6 Å². The zero-order chi connectivity index (χ0) is 20.2. The molecule has 2 bridgehead atoms. The van der Waals surface area contributed by atoms with Crippen LogP contribution >= 0.6 is 0 Å². The highest BCUT2D eigenvalue weighted by atomic mass is 19.4. The molecule has 2 atom stereocenters. The van der Waals surface area contributed by atoms with Gasteiger partial charge in [-0.05, 0) is 67.7 Å². The quantitative estimate of drug-likeness (QED) is 0.535. The molecule has 0 unspecified atom stereocenters. The summed E-state index contributed by atoms with van der Waals surface area (Å²) in [4.78, 5) is 0. The minimum atomic E-state index is -4.33. The monoisotopic (exact) mass is 396 g/mol. The van der Waals surface area contributed by atoms with Crippen molar-refractivity contribution < 1.29 is 13.2 Å². The number of nitrogens with zero attached hydrogens (tertiary/aromatic N) is 1. The fourth-order valence-corrected chi connectivity index (χ4v) is 4.89. The molecule has 2 aliphatic rings. The van der Waals surface area contributed by atoms with E-state index in [2.05, 4.69) is 35.0 Å². The second kappa shape index (κ2) is 6.77. The average molecular weight is 396 g/mol. The van der Waals surface area contributed by atoms with Gasteiger partial charge in [0.25, 0.3) is 0 Å². The molecule has 0 spiro atoms. The Kier molecular flexibility index (Phi) is 4.32. The largest absolute Gasteiger partial charge is 0.416 e. The van der Waals surface area contributed by atoms with Crippen molar-refractivity contribution in [3.63, 3.8) is 0 Å². The van der Waals surface area contributed by atoms with Crippen molar-refractivity contribution in [2.24, 2.45) is 0 Å². The highest BCUT2D eigenvalue weighted by molar-refractivity contribution is 5.90. The molecule has 0 amide bonds. The molecule has 2 aliphatic heterocycles. The fourth-order valence-electron chi connectivity index (χ4n) is 4.89. The van der Waals surface area contributed by atoms with E-state index in [1.165, 1.54) is 47.2 Å². The van der Waals surface area contributed by atoms with Crippen molar-refractivity contribution in [1.82, 2.24) is 9.88 Å². The molecule has 1 fully saturated rings. The number of nitrogens with one attached hydrogen (secondary N) is 1. The van der Waals surface area contributed by atoms with Gasteiger partial charge in [0.2, 0.25) is 0 Å². The maximum Gasteiger partial charge on any atom is 0.416 e. The van der Waals surface area contributed by atoms with Gasteiger partial charge in [-0.1, -0.05) is 23.8 Å². The van der Waals surface area contributed by atoms with Crippen LogP contribution in [0.15, 0.2) is 42.5 Å². The lowest BCUT2D eigenvalue weighted by molar-refractivity contribution is -0.137. The third-order valence-electron chi connectivity index (χ3n) is 6.20. The van der Waals surface area contributed by atoms with Crippen molar-refractivity contribution in [3.8, 4) is 0 Å². The van der Waals surface area contributed by atoms with Gasteiger partial charge in [0.05, 0.1) is 11.1 Å². The number of aromatic nitrogens is 1. The van der Waals surface area contributed by atoms with E-state index in [-0.39, 0.29) is 0 Å². The summed E-state index contributed by atoms with van der Waals surface area (Å²) in [6.45, 7) is 2.10. The third kappa shape index (κ3) is 3.27. The molecule has 2 nitrogen and oxygen atoms in total. The number of fused-ring (bicyclic) bond motifs is 6. The lowest BCUT2D eigenvalue weighted by Crippen LogP contribution is -2.42. The van der Waals surface area contributed by atoms with Crippen molar-refractivity contribution in [3.05, 3.63) is 70.4 Å². The van der Waals surface area contributed by atoms with E-state index in [9.17, 15) is 13.2 Å². The fraction of sp³-hybridized carbons (Fsp3) is 0.333. The van der Waals surface area contributed by atoms with Gasteiger partial charge in [0, 0.05) is 35.8 Å². The van der Waals surface area contributed by atoms with Gasteiger partial charge in [0.1, 0.15) is 0 Å². The topological polar surface area (TPSA) is 17.0 Å². The maximum atomic E-state index is 13.0. The Morgan fingerprint density at radius 1 is 1.10 bits per heavy atom. The number of benzene rings is 2. The van der Waals surface area contributed by atoms with Gasteiger partial charge >= 0.3 is 6.18 Å². The van der Waals surface area contributed by atoms with E-state index in [4.69, 9.17) is 0 Å². The lowest BCUT2D eigenvalue weighted by atomic mass is 9.84. The predicted molar refractivity (Wildman–Crippen MR) is 111 cm³/mol. The molecule has 2 aromatic carbocycles. The van der Waals surface area contributed by atoms with E-state index in [0.29, 0.717) is 17.6 Å². The van der Waals surface area contributed by atoms with E-state index in [1.54, 1.807) is 12.1 Å². The molecule has 3 heterocycles. The molecule has 150 valence electrons. The molecular weight excluding hydrogens is 373 g/mol. The summed E-state index contributed by atoms with van der Waals surface area (Å²) in [7, 11) is 0. The predicted octanol–water partition coefficient (Wildman–Crippen LogP) is 6.34. The van der Waals surface area contributed by atoms with E-state index < -0.39 is 11.7 Å². The Morgan fingerprint density at radius 3 is 2.79 bits per heavy atom. The van der Waals surface area contributed by atoms with Crippen LogP contribution in [0.1, 0.15) is 53.3 Å². The van der Waals surface area contributed by atoms with Crippen LogP contribution in [0, 0.1) is 6.92 Å². The van der Waals surface area contributed by atoms with Crippen LogP contribution in [0.2, 0.25) is 0 Å². The number of rotatable bonds is 2. The zero-order valence-electron chi connectivity index (χ0n) is 16.3. The maximum absolute atomic E-state index is 13.0. The first-order chi connectivity index (χ1) is 13.9. The minimum Gasteiger partial charge on any atom is -0.320 e. The molecule has 0 saturated carbocycles. The van der Waals surface area contributed by atoms with Gasteiger partial charge in [-0.25, -0.2) is 0 Å². The van der Waals surface area contributed by atoms with Crippen LogP contribution in [0.5, 0.6) is 0 Å². The molecule has 3 aromatic rings. The van der Waals surface area contributed by atoms with Crippen molar-refractivity contribution in [2.75, 3.05) is 0 Å². The molecule has 5 heteroatoms. The Hall–Kier alpha value is -2.53. The zero-order valence-corrected chi connectivity index (χ0v) is 16.3. The Bertz CT molecular complexity index is 1110. The summed E-state index contributed by atoms with van der Waals surface area (Å²) >= 11 is 0. The molecule has 1 saturated heterocycles. The van der Waals surface area contributed by atoms with Crippen molar-refractivity contribution in [2.45, 2.75) is 50.9 Å². The number of halogens is 3. The first-order valence-electron chi connectivity index (χ1n) is 10.1. The number of aryl methyl sites for hydroxylation is 1. The summed E-state index contributed by atoms with van der Waals surface area (Å²) in [5.74, 6) is 0. The Morgan fingerprint density at radius 2 is 1.97 bits per heavy atom. The molecule has 0 radical (unpaired) electrons. The van der Waals surface area contributed by atoms with Crippen molar-refractivity contribution in [1.29, 1.82) is 0 Å². The highest BCUT2D eigenvalue weighted by Gasteiger charge is 2.34. The van der Waals surface area contributed by atoms with Crippen LogP contribution in [-0.2, 0) is 12.6 Å². The summed E-state index contributed by atoms with van der Waals surface area (Å²) in [5.41, 5.74) is 4.94. The number of piperidine rings is 1. The summed E-state index contributed by atoms with van der Waals surface area (Å²) in [6.07, 6.45) is 3.89. The van der Waals surface area contributed by atoms with Gasteiger partial charge in [-0.15, -0.1) is 0 Å². The Balaban J connectivity index is 1.63.